The molecule has 0 spiro atoms. The number of aliphatic hydroxyl groups excluding tert-OH is 4. The van der Waals surface area contributed by atoms with E-state index >= 15 is 0 Å². The third-order valence-electron chi connectivity index (χ3n) is 9.93. The third kappa shape index (κ3) is 26.4. The SMILES string of the molecule is CCCCCC/C=C\CCCCCCCC(=O)OC(COCCCCCCCCCCCCCCCCC)COC1OC(CO)C(O)C(O)C1O. The zero-order chi connectivity index (χ0) is 37.2. The molecular formula is C42H80O9. The van der Waals surface area contributed by atoms with Gasteiger partial charge in [0, 0.05) is 13.0 Å². The van der Waals surface area contributed by atoms with Gasteiger partial charge in [-0.05, 0) is 38.5 Å². The van der Waals surface area contributed by atoms with E-state index in [0.717, 1.165) is 44.9 Å². The number of allylic oxidation sites excluding steroid dienone is 2. The number of carbonyl (C=O) groups excluding carboxylic acids is 1. The summed E-state index contributed by atoms with van der Waals surface area (Å²) >= 11 is 0. The Morgan fingerprint density at radius 3 is 1.61 bits per heavy atom. The van der Waals surface area contributed by atoms with Crippen molar-refractivity contribution in [3.8, 4) is 0 Å². The van der Waals surface area contributed by atoms with Crippen LogP contribution in [0.15, 0.2) is 12.2 Å². The largest absolute Gasteiger partial charge is 0.457 e. The van der Waals surface area contributed by atoms with E-state index in [4.69, 9.17) is 18.9 Å². The molecule has 0 aliphatic carbocycles. The third-order valence-corrected chi connectivity index (χ3v) is 9.93. The van der Waals surface area contributed by atoms with E-state index in [1.165, 1.54) is 122 Å². The van der Waals surface area contributed by atoms with Gasteiger partial charge in [-0.1, -0.05) is 154 Å². The Bertz CT molecular complexity index is 792. The number of carbonyl (C=O) groups is 1. The maximum Gasteiger partial charge on any atom is 0.306 e. The van der Waals surface area contributed by atoms with E-state index in [1.54, 1.807) is 0 Å². The fraction of sp³-hybridized carbons (Fsp3) is 0.929. The second-order valence-electron chi connectivity index (χ2n) is 14.8. The average molecular weight is 729 g/mol. The van der Waals surface area contributed by atoms with Gasteiger partial charge in [-0.15, -0.1) is 0 Å². The molecule has 6 unspecified atom stereocenters. The minimum absolute atomic E-state index is 0.112. The summed E-state index contributed by atoms with van der Waals surface area (Å²) in [5.74, 6) is -0.320. The molecule has 1 fully saturated rings. The molecule has 6 atom stereocenters. The summed E-state index contributed by atoms with van der Waals surface area (Å²) in [6.07, 6.45) is 29.4. The van der Waals surface area contributed by atoms with Crippen molar-refractivity contribution in [2.24, 2.45) is 0 Å². The van der Waals surface area contributed by atoms with E-state index in [-0.39, 0.29) is 19.2 Å². The van der Waals surface area contributed by atoms with Crippen molar-refractivity contribution in [3.63, 3.8) is 0 Å². The maximum absolute atomic E-state index is 12.7. The number of aliphatic hydroxyl groups is 4. The maximum atomic E-state index is 12.7. The predicted octanol–water partition coefficient (Wildman–Crippen LogP) is 8.86. The molecular weight excluding hydrogens is 648 g/mol. The van der Waals surface area contributed by atoms with E-state index in [0.29, 0.717) is 13.0 Å². The monoisotopic (exact) mass is 729 g/mol. The van der Waals surface area contributed by atoms with Gasteiger partial charge in [0.15, 0.2) is 6.29 Å². The summed E-state index contributed by atoms with van der Waals surface area (Å²) in [6.45, 7) is 4.55. The first-order valence-corrected chi connectivity index (χ1v) is 21.3. The van der Waals surface area contributed by atoms with Crippen LogP contribution in [0.3, 0.4) is 0 Å². The van der Waals surface area contributed by atoms with Gasteiger partial charge >= 0.3 is 5.97 Å². The van der Waals surface area contributed by atoms with Crippen LogP contribution in [0.1, 0.15) is 187 Å². The number of rotatable bonds is 36. The lowest BCUT2D eigenvalue weighted by molar-refractivity contribution is -0.305. The Labute approximate surface area is 312 Å². The zero-order valence-electron chi connectivity index (χ0n) is 32.9. The summed E-state index contributed by atoms with van der Waals surface area (Å²) in [4.78, 5) is 12.7. The van der Waals surface area contributed by atoms with Gasteiger partial charge in [0.05, 0.1) is 19.8 Å². The minimum Gasteiger partial charge on any atom is -0.457 e. The van der Waals surface area contributed by atoms with Crippen molar-refractivity contribution in [1.82, 2.24) is 0 Å². The normalized spacial score (nSPS) is 21.4. The lowest BCUT2D eigenvalue weighted by atomic mass is 9.99. The van der Waals surface area contributed by atoms with E-state index < -0.39 is 43.4 Å². The van der Waals surface area contributed by atoms with Gasteiger partial charge in [0.1, 0.15) is 30.5 Å². The first kappa shape index (κ1) is 48.0. The summed E-state index contributed by atoms with van der Waals surface area (Å²) in [5, 5.41) is 40.0. The quantitative estimate of drug-likeness (QED) is 0.0284. The molecule has 1 rings (SSSR count). The molecule has 0 saturated carbocycles. The molecule has 1 saturated heterocycles. The average Bonchev–Trinajstić information content (AvgIpc) is 3.13. The van der Waals surface area contributed by atoms with Crippen LogP contribution in [0.25, 0.3) is 0 Å². The summed E-state index contributed by atoms with van der Waals surface area (Å²) in [7, 11) is 0. The van der Waals surface area contributed by atoms with Crippen LogP contribution in [0.2, 0.25) is 0 Å². The van der Waals surface area contributed by atoms with Gasteiger partial charge in [0.25, 0.3) is 0 Å². The Balaban J connectivity index is 2.28. The van der Waals surface area contributed by atoms with Crippen LogP contribution in [-0.4, -0.2) is 89.6 Å². The van der Waals surface area contributed by atoms with E-state index in [1.807, 2.05) is 0 Å². The predicted molar refractivity (Wildman–Crippen MR) is 206 cm³/mol. The van der Waals surface area contributed by atoms with E-state index in [9.17, 15) is 25.2 Å². The molecule has 9 heteroatoms. The van der Waals surface area contributed by atoms with Crippen molar-refractivity contribution in [1.29, 1.82) is 0 Å². The highest BCUT2D eigenvalue weighted by atomic mass is 16.7. The molecule has 1 heterocycles. The number of esters is 1. The molecule has 0 aromatic carbocycles. The zero-order valence-corrected chi connectivity index (χ0v) is 32.9. The van der Waals surface area contributed by atoms with Crippen LogP contribution < -0.4 is 0 Å². The van der Waals surface area contributed by atoms with Gasteiger partial charge in [-0.25, -0.2) is 0 Å². The van der Waals surface area contributed by atoms with Crippen molar-refractivity contribution in [3.05, 3.63) is 12.2 Å². The standard InChI is InChI=1S/C42H80O9/c1-3-5-7-9-11-13-15-17-18-20-22-24-26-28-30-32-48-34-36(35-49-42-41(47)40(46)39(45)37(33-43)51-42)50-38(44)31-29-27-25-23-21-19-16-14-12-10-8-6-4-2/h14,16,36-37,39-43,45-47H,3-13,15,17-35H2,1-2H3/b16-14-. The van der Waals surface area contributed by atoms with Gasteiger partial charge in [-0.3, -0.25) is 4.79 Å². The molecule has 1 aliphatic rings. The highest BCUT2D eigenvalue weighted by Crippen LogP contribution is 2.22. The Morgan fingerprint density at radius 1 is 0.608 bits per heavy atom. The lowest BCUT2D eigenvalue weighted by Crippen LogP contribution is -2.59. The highest BCUT2D eigenvalue weighted by molar-refractivity contribution is 5.69. The van der Waals surface area contributed by atoms with Crippen molar-refractivity contribution < 1.29 is 44.2 Å². The number of unbranched alkanes of at least 4 members (excludes halogenated alkanes) is 23. The van der Waals surface area contributed by atoms with Gasteiger partial charge in [0.2, 0.25) is 0 Å². The molecule has 0 aromatic heterocycles. The summed E-state index contributed by atoms with van der Waals surface area (Å²) < 4.78 is 22.8. The van der Waals surface area contributed by atoms with Gasteiger partial charge < -0.3 is 39.4 Å². The Morgan fingerprint density at radius 2 is 1.08 bits per heavy atom. The molecule has 0 radical (unpaired) electrons. The second-order valence-corrected chi connectivity index (χ2v) is 14.8. The number of ether oxygens (including phenoxy) is 4. The molecule has 0 amide bonds. The summed E-state index contributed by atoms with van der Waals surface area (Å²) in [5.41, 5.74) is 0. The van der Waals surface area contributed by atoms with E-state index in [2.05, 4.69) is 26.0 Å². The minimum atomic E-state index is -1.53. The summed E-state index contributed by atoms with van der Waals surface area (Å²) in [6, 6.07) is 0. The highest BCUT2D eigenvalue weighted by Gasteiger charge is 2.44. The van der Waals surface area contributed by atoms with Crippen LogP contribution in [0, 0.1) is 0 Å². The van der Waals surface area contributed by atoms with Crippen molar-refractivity contribution in [2.75, 3.05) is 26.4 Å². The van der Waals surface area contributed by atoms with Crippen LogP contribution in [0.5, 0.6) is 0 Å². The smallest absolute Gasteiger partial charge is 0.306 e. The molecule has 9 nitrogen and oxygen atoms in total. The topological polar surface area (TPSA) is 135 Å². The number of hydrogen-bond donors (Lipinski definition) is 4. The Hall–Kier alpha value is -1.07. The van der Waals surface area contributed by atoms with Crippen molar-refractivity contribution in [2.45, 2.75) is 224 Å². The lowest BCUT2D eigenvalue weighted by Gasteiger charge is -2.39. The molecule has 1 aliphatic heterocycles. The van der Waals surface area contributed by atoms with Gasteiger partial charge in [-0.2, -0.15) is 0 Å². The fourth-order valence-electron chi connectivity index (χ4n) is 6.54. The molecule has 0 aromatic rings. The van der Waals surface area contributed by atoms with Crippen molar-refractivity contribution >= 4 is 5.97 Å². The first-order valence-electron chi connectivity index (χ1n) is 21.3. The second kappa shape index (κ2) is 34.7. The number of hydrogen-bond acceptors (Lipinski definition) is 9. The molecule has 51 heavy (non-hydrogen) atoms. The first-order chi connectivity index (χ1) is 24.9. The van der Waals surface area contributed by atoms with Crippen LogP contribution in [-0.2, 0) is 23.7 Å². The fourth-order valence-corrected chi connectivity index (χ4v) is 6.54. The molecule has 0 bridgehead atoms. The molecule has 302 valence electrons. The molecule has 4 N–H and O–H groups in total. The Kier molecular flexibility index (Phi) is 32.6. The van der Waals surface area contributed by atoms with Crippen LogP contribution >= 0.6 is 0 Å². The van der Waals surface area contributed by atoms with Crippen LogP contribution in [0.4, 0.5) is 0 Å².